The number of nitrogens with zero attached hydrogens (tertiary/aromatic N) is 2. The fraction of sp³-hybridized carbons (Fsp3) is 0.588. The molecule has 136 valence electrons. The van der Waals surface area contributed by atoms with Crippen molar-refractivity contribution in [2.75, 3.05) is 18.9 Å². The van der Waals surface area contributed by atoms with Gasteiger partial charge in [-0.2, -0.15) is 0 Å². The number of unbranched alkanes of at least 4 members (excludes halogenated alkanes) is 3. The molecule has 1 aromatic heterocycles. The number of aliphatic imine (C=N–C) groups is 1. The van der Waals surface area contributed by atoms with Gasteiger partial charge in [0.2, 0.25) is 5.91 Å². The van der Waals surface area contributed by atoms with E-state index in [4.69, 9.17) is 0 Å². The molecule has 1 amide bonds. The standard InChI is InChI=1S/C17H29N5O.HI/c1-4-5-6-7-9-14(2)21-17(18-3)20-13-16(23)22-15-10-8-11-19-12-15;/h8,10-12,14H,4-7,9,13H2,1-3H3,(H,22,23)(H2,18,20,21);1H. The molecule has 1 aromatic rings. The minimum atomic E-state index is -0.128. The molecule has 0 saturated carbocycles. The van der Waals surface area contributed by atoms with Crippen molar-refractivity contribution in [3.8, 4) is 0 Å². The van der Waals surface area contributed by atoms with Crippen LogP contribution in [0.5, 0.6) is 0 Å². The van der Waals surface area contributed by atoms with E-state index in [0.29, 0.717) is 17.7 Å². The van der Waals surface area contributed by atoms with Crippen LogP contribution in [-0.4, -0.2) is 36.5 Å². The minimum absolute atomic E-state index is 0. The Bertz CT molecular complexity index is 481. The summed E-state index contributed by atoms with van der Waals surface area (Å²) in [5, 5.41) is 9.11. The Labute approximate surface area is 162 Å². The summed E-state index contributed by atoms with van der Waals surface area (Å²) in [5.41, 5.74) is 0.687. The van der Waals surface area contributed by atoms with Crippen molar-refractivity contribution in [2.45, 2.75) is 52.0 Å². The molecule has 0 aliphatic carbocycles. The van der Waals surface area contributed by atoms with Crippen molar-refractivity contribution in [3.05, 3.63) is 24.5 Å². The van der Waals surface area contributed by atoms with Gasteiger partial charge < -0.3 is 16.0 Å². The third-order valence-electron chi connectivity index (χ3n) is 3.46. The van der Waals surface area contributed by atoms with Gasteiger partial charge in [-0.15, -0.1) is 24.0 Å². The van der Waals surface area contributed by atoms with Crippen LogP contribution in [0, 0.1) is 0 Å². The Morgan fingerprint density at radius 2 is 2.12 bits per heavy atom. The topological polar surface area (TPSA) is 78.4 Å². The highest BCUT2D eigenvalue weighted by Crippen LogP contribution is 2.05. The summed E-state index contributed by atoms with van der Waals surface area (Å²) in [5.74, 6) is 0.519. The number of rotatable bonds is 9. The van der Waals surface area contributed by atoms with Crippen LogP contribution in [0.2, 0.25) is 0 Å². The predicted octanol–water partition coefficient (Wildman–Crippen LogP) is 3.16. The van der Waals surface area contributed by atoms with Crippen LogP contribution < -0.4 is 16.0 Å². The average Bonchev–Trinajstić information content (AvgIpc) is 2.56. The number of aromatic nitrogens is 1. The van der Waals surface area contributed by atoms with Crippen molar-refractivity contribution < 1.29 is 4.79 Å². The van der Waals surface area contributed by atoms with Crippen LogP contribution in [0.1, 0.15) is 46.0 Å². The Morgan fingerprint density at radius 3 is 2.75 bits per heavy atom. The summed E-state index contributed by atoms with van der Waals surface area (Å²) < 4.78 is 0. The molecule has 1 rings (SSSR count). The molecule has 7 heteroatoms. The Morgan fingerprint density at radius 1 is 1.33 bits per heavy atom. The number of hydrogen-bond acceptors (Lipinski definition) is 3. The molecule has 1 atom stereocenters. The number of hydrogen-bond donors (Lipinski definition) is 3. The number of carbonyl (C=O) groups excluding carboxylic acids is 1. The van der Waals surface area contributed by atoms with Crippen LogP contribution in [-0.2, 0) is 4.79 Å². The molecule has 1 heterocycles. The van der Waals surface area contributed by atoms with Gasteiger partial charge in [0.1, 0.15) is 0 Å². The Kier molecular flexibility index (Phi) is 13.2. The summed E-state index contributed by atoms with van der Waals surface area (Å²) >= 11 is 0. The van der Waals surface area contributed by atoms with E-state index in [2.05, 4.69) is 39.8 Å². The predicted molar refractivity (Wildman–Crippen MR) is 111 cm³/mol. The molecule has 0 saturated heterocycles. The van der Waals surface area contributed by atoms with Crippen molar-refractivity contribution in [3.63, 3.8) is 0 Å². The smallest absolute Gasteiger partial charge is 0.243 e. The third kappa shape index (κ3) is 10.4. The van der Waals surface area contributed by atoms with Gasteiger partial charge in [-0.1, -0.05) is 32.6 Å². The SMILES string of the molecule is CCCCCCC(C)NC(=NC)NCC(=O)Nc1cccnc1.I. The summed E-state index contributed by atoms with van der Waals surface area (Å²) in [6.45, 7) is 4.51. The number of nitrogens with one attached hydrogen (secondary N) is 3. The fourth-order valence-corrected chi connectivity index (χ4v) is 2.18. The molecule has 0 bridgehead atoms. The number of amides is 1. The monoisotopic (exact) mass is 447 g/mol. The molecular formula is C17H30IN5O. The maximum absolute atomic E-state index is 11.9. The van der Waals surface area contributed by atoms with E-state index in [0.717, 1.165) is 6.42 Å². The van der Waals surface area contributed by atoms with E-state index in [1.165, 1.54) is 25.7 Å². The van der Waals surface area contributed by atoms with Gasteiger partial charge in [0, 0.05) is 19.3 Å². The van der Waals surface area contributed by atoms with Gasteiger partial charge in [0.15, 0.2) is 5.96 Å². The molecule has 0 fully saturated rings. The van der Waals surface area contributed by atoms with E-state index < -0.39 is 0 Å². The van der Waals surface area contributed by atoms with Gasteiger partial charge in [0.05, 0.1) is 18.4 Å². The molecule has 6 nitrogen and oxygen atoms in total. The summed E-state index contributed by atoms with van der Waals surface area (Å²) in [7, 11) is 1.71. The maximum atomic E-state index is 11.9. The second-order valence-corrected chi connectivity index (χ2v) is 5.61. The van der Waals surface area contributed by atoms with Crippen LogP contribution >= 0.6 is 24.0 Å². The first kappa shape index (κ1) is 22.6. The molecule has 0 spiro atoms. The second-order valence-electron chi connectivity index (χ2n) is 5.61. The van der Waals surface area contributed by atoms with Gasteiger partial charge >= 0.3 is 0 Å². The number of anilines is 1. The quantitative estimate of drug-likeness (QED) is 0.235. The zero-order valence-corrected chi connectivity index (χ0v) is 17.2. The van der Waals surface area contributed by atoms with Gasteiger partial charge in [0.25, 0.3) is 0 Å². The van der Waals surface area contributed by atoms with Crippen molar-refractivity contribution in [1.82, 2.24) is 15.6 Å². The number of guanidine groups is 1. The van der Waals surface area contributed by atoms with Gasteiger partial charge in [-0.3, -0.25) is 14.8 Å². The lowest BCUT2D eigenvalue weighted by atomic mass is 10.1. The number of pyridine rings is 1. The van der Waals surface area contributed by atoms with E-state index >= 15 is 0 Å². The van der Waals surface area contributed by atoms with Crippen molar-refractivity contribution >= 4 is 41.5 Å². The lowest BCUT2D eigenvalue weighted by Gasteiger charge is -2.17. The molecule has 0 aliphatic heterocycles. The zero-order chi connectivity index (χ0) is 16.9. The van der Waals surface area contributed by atoms with Crippen LogP contribution in [0.3, 0.4) is 0 Å². The van der Waals surface area contributed by atoms with Crippen LogP contribution in [0.15, 0.2) is 29.5 Å². The van der Waals surface area contributed by atoms with Crippen LogP contribution in [0.4, 0.5) is 5.69 Å². The first-order valence-electron chi connectivity index (χ1n) is 8.32. The minimum Gasteiger partial charge on any atom is -0.354 e. The van der Waals surface area contributed by atoms with E-state index in [9.17, 15) is 4.79 Å². The highest BCUT2D eigenvalue weighted by Gasteiger charge is 2.07. The van der Waals surface area contributed by atoms with Crippen molar-refractivity contribution in [1.29, 1.82) is 0 Å². The van der Waals surface area contributed by atoms with E-state index in [1.807, 2.05) is 0 Å². The molecule has 0 radical (unpaired) electrons. The first-order valence-corrected chi connectivity index (χ1v) is 8.32. The van der Waals surface area contributed by atoms with Gasteiger partial charge in [-0.25, -0.2) is 0 Å². The lowest BCUT2D eigenvalue weighted by molar-refractivity contribution is -0.115. The first-order chi connectivity index (χ1) is 11.2. The molecule has 1 unspecified atom stereocenters. The molecule has 0 aromatic carbocycles. The van der Waals surface area contributed by atoms with Gasteiger partial charge in [-0.05, 0) is 25.5 Å². The maximum Gasteiger partial charge on any atom is 0.243 e. The van der Waals surface area contributed by atoms with E-state index in [1.54, 1.807) is 31.6 Å². The van der Waals surface area contributed by atoms with E-state index in [-0.39, 0.29) is 36.4 Å². The molecular weight excluding hydrogens is 417 g/mol. The average molecular weight is 447 g/mol. The number of carbonyl (C=O) groups is 1. The molecule has 0 aliphatic rings. The molecule has 24 heavy (non-hydrogen) atoms. The van der Waals surface area contributed by atoms with Crippen molar-refractivity contribution in [2.24, 2.45) is 4.99 Å². The Hall–Kier alpha value is -1.38. The normalized spacial score (nSPS) is 12.0. The number of halogens is 1. The summed E-state index contributed by atoms with van der Waals surface area (Å²) in [4.78, 5) is 20.0. The summed E-state index contributed by atoms with van der Waals surface area (Å²) in [6.07, 6.45) is 9.39. The fourth-order valence-electron chi connectivity index (χ4n) is 2.18. The highest BCUT2D eigenvalue weighted by molar-refractivity contribution is 14.0. The third-order valence-corrected chi connectivity index (χ3v) is 3.46. The van der Waals surface area contributed by atoms with Crippen LogP contribution in [0.25, 0.3) is 0 Å². The lowest BCUT2D eigenvalue weighted by Crippen LogP contribution is -2.44. The second kappa shape index (κ2) is 14.0. The zero-order valence-electron chi connectivity index (χ0n) is 14.8. The summed E-state index contributed by atoms with van der Waals surface area (Å²) in [6, 6.07) is 3.92. The highest BCUT2D eigenvalue weighted by atomic mass is 127. The molecule has 3 N–H and O–H groups in total. The largest absolute Gasteiger partial charge is 0.354 e. The Balaban J connectivity index is 0.00000529.